The fourth-order valence-electron chi connectivity index (χ4n) is 1.26. The van der Waals surface area contributed by atoms with Crippen LogP contribution in [-0.4, -0.2) is 41.6 Å². The molecule has 1 heterocycles. The summed E-state index contributed by atoms with van der Waals surface area (Å²) in [5.41, 5.74) is -1.73. The van der Waals surface area contributed by atoms with Crippen molar-refractivity contribution < 1.29 is 31.5 Å². The van der Waals surface area contributed by atoms with Crippen molar-refractivity contribution in [2.45, 2.75) is 38.9 Å². The van der Waals surface area contributed by atoms with Crippen LogP contribution in [0.3, 0.4) is 0 Å². The molecule has 0 spiro atoms. The number of nitrogens with zero attached hydrogens (tertiary/aromatic N) is 2. The number of ketones is 1. The normalized spacial score (nSPS) is 21.7. The first kappa shape index (κ1) is 13.8. The van der Waals surface area contributed by atoms with Gasteiger partial charge >= 0.3 is 12.8 Å². The number of hydrazone groups is 1. The third kappa shape index (κ3) is 2.90. The Morgan fingerprint density at radius 2 is 1.88 bits per heavy atom. The molecule has 0 aliphatic carbocycles. The largest absolute Gasteiger partial charge is 0.438 e. The molecule has 9 heteroatoms. The van der Waals surface area contributed by atoms with Gasteiger partial charge in [-0.2, -0.15) is 27.1 Å². The summed E-state index contributed by atoms with van der Waals surface area (Å²) >= 11 is 0. The van der Waals surface area contributed by atoms with Crippen molar-refractivity contribution in [3.8, 4) is 0 Å². The second-order valence-electron chi connectivity index (χ2n) is 3.53. The van der Waals surface area contributed by atoms with Crippen LogP contribution in [-0.2, 0) is 9.53 Å². The summed E-state index contributed by atoms with van der Waals surface area (Å²) in [5, 5.41) is 3.56. The molecule has 0 fully saturated rings. The van der Waals surface area contributed by atoms with E-state index in [0.717, 1.165) is 0 Å². The van der Waals surface area contributed by atoms with Crippen molar-refractivity contribution in [2.24, 2.45) is 5.10 Å². The fraction of sp³-hybridized carbons (Fsp3) is 0.750. The average molecular weight is 260 g/mol. The van der Waals surface area contributed by atoms with E-state index in [9.17, 15) is 26.7 Å². The highest BCUT2D eigenvalue weighted by atomic mass is 19.4. The van der Waals surface area contributed by atoms with Crippen LogP contribution in [0.15, 0.2) is 5.10 Å². The van der Waals surface area contributed by atoms with Gasteiger partial charge in [-0.15, -0.1) is 0 Å². The molecule has 0 radical (unpaired) electrons. The molecule has 0 saturated carbocycles. The number of rotatable bonds is 3. The SMILES string of the molecule is CC(C)N1N=C(C(F)(F)F)C(=O)C1OC(F)F. The zero-order valence-electron chi connectivity index (χ0n) is 8.83. The number of Topliss-reactive ketones (excluding diaryl/α,β-unsaturated/α-hetero) is 1. The number of hydrogen-bond donors (Lipinski definition) is 0. The third-order valence-corrected chi connectivity index (χ3v) is 1.94. The van der Waals surface area contributed by atoms with E-state index in [1.54, 1.807) is 0 Å². The van der Waals surface area contributed by atoms with Crippen molar-refractivity contribution in [1.82, 2.24) is 5.01 Å². The highest BCUT2D eigenvalue weighted by Gasteiger charge is 2.51. The molecule has 98 valence electrons. The van der Waals surface area contributed by atoms with E-state index in [1.165, 1.54) is 13.8 Å². The lowest BCUT2D eigenvalue weighted by atomic mass is 10.2. The summed E-state index contributed by atoms with van der Waals surface area (Å²) in [5.74, 6) is -1.61. The monoisotopic (exact) mass is 260 g/mol. The van der Waals surface area contributed by atoms with Gasteiger partial charge in [0.15, 0.2) is 0 Å². The Bertz CT molecular complexity index is 339. The maximum atomic E-state index is 12.3. The summed E-state index contributed by atoms with van der Waals surface area (Å²) in [6, 6.07) is -0.678. The molecule has 0 N–H and O–H groups in total. The van der Waals surface area contributed by atoms with Crippen LogP contribution in [0.1, 0.15) is 13.8 Å². The molecule has 0 aromatic carbocycles. The minimum atomic E-state index is -4.98. The second kappa shape index (κ2) is 4.55. The highest BCUT2D eigenvalue weighted by Crippen LogP contribution is 2.27. The summed E-state index contributed by atoms with van der Waals surface area (Å²) in [6.07, 6.45) is -7.00. The number of alkyl halides is 5. The molecule has 1 unspecified atom stereocenters. The summed E-state index contributed by atoms with van der Waals surface area (Å²) < 4.78 is 64.8. The Morgan fingerprint density at radius 1 is 1.35 bits per heavy atom. The Balaban J connectivity index is 3.00. The zero-order valence-corrected chi connectivity index (χ0v) is 8.83. The van der Waals surface area contributed by atoms with Gasteiger partial charge in [-0.05, 0) is 13.8 Å². The topological polar surface area (TPSA) is 41.9 Å². The van der Waals surface area contributed by atoms with E-state index >= 15 is 0 Å². The van der Waals surface area contributed by atoms with Gasteiger partial charge < -0.3 is 0 Å². The predicted molar refractivity (Wildman–Crippen MR) is 46.3 cm³/mol. The average Bonchev–Trinajstić information content (AvgIpc) is 2.42. The number of carbonyl (C=O) groups excluding carboxylic acids is 1. The Labute approximate surface area is 93.0 Å². The standard InChI is InChI=1S/C8H9F5N2O2/c1-3(2)15-6(17-7(9)10)4(16)5(14-15)8(11,12)13/h3,6-7H,1-2H3. The molecular formula is C8H9F5N2O2. The molecular weight excluding hydrogens is 251 g/mol. The summed E-state index contributed by atoms with van der Waals surface area (Å²) in [7, 11) is 0. The first-order chi connectivity index (χ1) is 7.64. The smallest absolute Gasteiger partial charge is 0.289 e. The predicted octanol–water partition coefficient (Wildman–Crippen LogP) is 1.76. The molecule has 4 nitrogen and oxygen atoms in total. The molecule has 1 aliphatic heterocycles. The van der Waals surface area contributed by atoms with Crippen LogP contribution in [0.2, 0.25) is 0 Å². The minimum absolute atomic E-state index is 0.567. The fourth-order valence-corrected chi connectivity index (χ4v) is 1.26. The lowest BCUT2D eigenvalue weighted by Gasteiger charge is -2.25. The molecule has 17 heavy (non-hydrogen) atoms. The Kier molecular flexibility index (Phi) is 3.70. The molecule has 1 rings (SSSR count). The van der Waals surface area contributed by atoms with Crippen LogP contribution in [0.4, 0.5) is 22.0 Å². The number of hydrogen-bond acceptors (Lipinski definition) is 4. The van der Waals surface area contributed by atoms with Gasteiger partial charge in [0.2, 0.25) is 17.7 Å². The van der Waals surface area contributed by atoms with Crippen LogP contribution in [0.5, 0.6) is 0 Å². The number of halogens is 5. The number of ether oxygens (including phenoxy) is 1. The van der Waals surface area contributed by atoms with Gasteiger partial charge in [0.1, 0.15) is 0 Å². The van der Waals surface area contributed by atoms with E-state index in [2.05, 4.69) is 9.84 Å². The maximum Gasteiger partial charge on any atom is 0.438 e. The molecule has 0 aromatic heterocycles. The molecule has 0 saturated heterocycles. The van der Waals surface area contributed by atoms with Crippen LogP contribution >= 0.6 is 0 Å². The van der Waals surface area contributed by atoms with Gasteiger partial charge in [0, 0.05) is 6.04 Å². The molecule has 0 aromatic rings. The van der Waals surface area contributed by atoms with Gasteiger partial charge in [-0.1, -0.05) is 0 Å². The molecule has 0 amide bonds. The first-order valence-electron chi connectivity index (χ1n) is 4.56. The molecule has 1 aliphatic rings. The van der Waals surface area contributed by atoms with E-state index < -0.39 is 36.6 Å². The van der Waals surface area contributed by atoms with Crippen molar-refractivity contribution in [3.63, 3.8) is 0 Å². The van der Waals surface area contributed by atoms with Crippen LogP contribution < -0.4 is 0 Å². The van der Waals surface area contributed by atoms with Gasteiger partial charge in [0.05, 0.1) is 0 Å². The summed E-state index contributed by atoms with van der Waals surface area (Å²) in [4.78, 5) is 11.3. The van der Waals surface area contributed by atoms with Crippen molar-refractivity contribution in [2.75, 3.05) is 0 Å². The van der Waals surface area contributed by atoms with Gasteiger partial charge in [-0.3, -0.25) is 14.5 Å². The lowest BCUT2D eigenvalue weighted by Crippen LogP contribution is -2.42. The molecule has 0 bridgehead atoms. The van der Waals surface area contributed by atoms with Gasteiger partial charge in [0.25, 0.3) is 0 Å². The van der Waals surface area contributed by atoms with Crippen molar-refractivity contribution >= 4 is 11.5 Å². The van der Waals surface area contributed by atoms with Crippen molar-refractivity contribution in [1.29, 1.82) is 0 Å². The van der Waals surface area contributed by atoms with E-state index in [4.69, 9.17) is 0 Å². The van der Waals surface area contributed by atoms with E-state index in [0.29, 0.717) is 5.01 Å². The highest BCUT2D eigenvalue weighted by molar-refractivity contribution is 6.44. The quantitative estimate of drug-likeness (QED) is 0.726. The Hall–Kier alpha value is -1.25. The van der Waals surface area contributed by atoms with E-state index in [1.807, 2.05) is 0 Å². The third-order valence-electron chi connectivity index (χ3n) is 1.94. The molecule has 1 atom stereocenters. The summed E-state index contributed by atoms with van der Waals surface area (Å²) in [6.45, 7) is -0.552. The van der Waals surface area contributed by atoms with Crippen molar-refractivity contribution in [3.05, 3.63) is 0 Å². The van der Waals surface area contributed by atoms with E-state index in [-0.39, 0.29) is 0 Å². The number of carbonyl (C=O) groups is 1. The zero-order chi connectivity index (χ0) is 13.4. The lowest BCUT2D eigenvalue weighted by molar-refractivity contribution is -0.202. The maximum absolute atomic E-state index is 12.3. The second-order valence-corrected chi connectivity index (χ2v) is 3.53. The van der Waals surface area contributed by atoms with Gasteiger partial charge in [-0.25, -0.2) is 0 Å². The van der Waals surface area contributed by atoms with Crippen LogP contribution in [0, 0.1) is 0 Å². The minimum Gasteiger partial charge on any atom is -0.289 e. The Morgan fingerprint density at radius 3 is 2.24 bits per heavy atom. The van der Waals surface area contributed by atoms with Crippen LogP contribution in [0.25, 0.3) is 0 Å². The first-order valence-corrected chi connectivity index (χ1v) is 4.56.